The molecule has 0 aliphatic carbocycles. The summed E-state index contributed by atoms with van der Waals surface area (Å²) in [7, 11) is 2.94. The molecule has 0 saturated carbocycles. The Labute approximate surface area is 118 Å². The molecule has 1 aromatic carbocycles. The van der Waals surface area contributed by atoms with Crippen LogP contribution in [-0.4, -0.2) is 37.0 Å². The molecule has 0 aromatic heterocycles. The lowest BCUT2D eigenvalue weighted by molar-refractivity contribution is -0.150. The third kappa shape index (κ3) is 2.48. The molecule has 0 spiro atoms. The van der Waals surface area contributed by atoms with Crippen LogP contribution in [0.2, 0.25) is 0 Å². The smallest absolute Gasteiger partial charge is 0.328 e. The zero-order valence-electron chi connectivity index (χ0n) is 12.0. The summed E-state index contributed by atoms with van der Waals surface area (Å²) >= 11 is 0. The Hall–Kier alpha value is -2.04. The van der Waals surface area contributed by atoms with Gasteiger partial charge in [0.2, 0.25) is 5.91 Å². The number of nitrogens with zero attached hydrogens (tertiary/aromatic N) is 1. The molecule has 108 valence electrons. The summed E-state index contributed by atoms with van der Waals surface area (Å²) in [4.78, 5) is 25.5. The zero-order chi connectivity index (χ0) is 14.7. The van der Waals surface area contributed by atoms with E-state index in [9.17, 15) is 9.59 Å². The molecule has 1 amide bonds. The zero-order valence-corrected chi connectivity index (χ0v) is 12.0. The summed E-state index contributed by atoms with van der Waals surface area (Å²) < 4.78 is 10.1. The third-order valence-corrected chi connectivity index (χ3v) is 3.73. The van der Waals surface area contributed by atoms with Crippen molar-refractivity contribution in [1.29, 1.82) is 0 Å². The van der Waals surface area contributed by atoms with Crippen molar-refractivity contribution < 1.29 is 19.1 Å². The fourth-order valence-corrected chi connectivity index (χ4v) is 2.72. The second-order valence-corrected chi connectivity index (χ2v) is 4.80. The van der Waals surface area contributed by atoms with Crippen LogP contribution >= 0.6 is 0 Å². The molecule has 1 aliphatic rings. The van der Waals surface area contributed by atoms with Gasteiger partial charge < -0.3 is 14.4 Å². The molecule has 2 rings (SSSR count). The molecule has 20 heavy (non-hydrogen) atoms. The SMILES string of the molecule is COC(=O)C1CCC(=O)N1C(C)c1ccccc1OC. The number of methoxy groups -OCH3 is 2. The van der Waals surface area contributed by atoms with Crippen molar-refractivity contribution in [2.24, 2.45) is 0 Å². The molecule has 0 bridgehead atoms. The molecule has 1 heterocycles. The molecule has 1 aromatic rings. The van der Waals surface area contributed by atoms with Gasteiger partial charge in [0.15, 0.2) is 0 Å². The van der Waals surface area contributed by atoms with E-state index in [4.69, 9.17) is 9.47 Å². The van der Waals surface area contributed by atoms with E-state index in [2.05, 4.69) is 0 Å². The number of rotatable bonds is 4. The van der Waals surface area contributed by atoms with Gasteiger partial charge in [0.1, 0.15) is 11.8 Å². The van der Waals surface area contributed by atoms with Gasteiger partial charge in [0, 0.05) is 12.0 Å². The quantitative estimate of drug-likeness (QED) is 0.789. The van der Waals surface area contributed by atoms with Crippen molar-refractivity contribution in [2.75, 3.05) is 14.2 Å². The van der Waals surface area contributed by atoms with Gasteiger partial charge >= 0.3 is 5.97 Å². The fraction of sp³-hybridized carbons (Fsp3) is 0.467. The Morgan fingerprint density at radius 3 is 2.70 bits per heavy atom. The first-order valence-electron chi connectivity index (χ1n) is 6.62. The number of amides is 1. The van der Waals surface area contributed by atoms with Crippen LogP contribution in [0.5, 0.6) is 5.75 Å². The Morgan fingerprint density at radius 1 is 1.35 bits per heavy atom. The molecule has 2 unspecified atom stereocenters. The van der Waals surface area contributed by atoms with Crippen molar-refractivity contribution in [3.05, 3.63) is 29.8 Å². The second kappa shape index (κ2) is 5.94. The van der Waals surface area contributed by atoms with Gasteiger partial charge in [0.25, 0.3) is 0 Å². The largest absolute Gasteiger partial charge is 0.496 e. The Kier molecular flexibility index (Phi) is 4.27. The molecule has 1 fully saturated rings. The molecule has 0 N–H and O–H groups in total. The lowest BCUT2D eigenvalue weighted by Crippen LogP contribution is -2.41. The first-order chi connectivity index (χ1) is 9.60. The molecule has 1 saturated heterocycles. The van der Waals surface area contributed by atoms with Crippen molar-refractivity contribution in [3.8, 4) is 5.75 Å². The number of hydrogen-bond donors (Lipinski definition) is 0. The van der Waals surface area contributed by atoms with E-state index in [0.29, 0.717) is 18.6 Å². The Bertz CT molecular complexity index is 514. The van der Waals surface area contributed by atoms with Gasteiger partial charge in [-0.05, 0) is 19.4 Å². The van der Waals surface area contributed by atoms with E-state index in [1.165, 1.54) is 7.11 Å². The highest BCUT2D eigenvalue weighted by Gasteiger charge is 2.40. The minimum absolute atomic E-state index is 0.0289. The monoisotopic (exact) mass is 277 g/mol. The van der Waals surface area contributed by atoms with Crippen LogP contribution in [0.3, 0.4) is 0 Å². The highest BCUT2D eigenvalue weighted by atomic mass is 16.5. The van der Waals surface area contributed by atoms with Gasteiger partial charge in [-0.3, -0.25) is 4.79 Å². The lowest BCUT2D eigenvalue weighted by atomic mass is 10.0. The van der Waals surface area contributed by atoms with Crippen molar-refractivity contribution in [3.63, 3.8) is 0 Å². The van der Waals surface area contributed by atoms with E-state index < -0.39 is 6.04 Å². The number of carbonyl (C=O) groups is 2. The Balaban J connectivity index is 2.32. The molecule has 5 nitrogen and oxygen atoms in total. The number of likely N-dealkylation sites (tertiary alicyclic amines) is 1. The second-order valence-electron chi connectivity index (χ2n) is 4.80. The number of para-hydroxylation sites is 1. The Morgan fingerprint density at radius 2 is 2.05 bits per heavy atom. The predicted octanol–water partition coefficient (Wildman–Crippen LogP) is 1.92. The summed E-state index contributed by atoms with van der Waals surface area (Å²) in [6.45, 7) is 1.90. The van der Waals surface area contributed by atoms with Crippen LogP contribution in [0.4, 0.5) is 0 Å². The van der Waals surface area contributed by atoms with E-state index in [1.807, 2.05) is 31.2 Å². The highest BCUT2D eigenvalue weighted by Crippen LogP contribution is 2.34. The van der Waals surface area contributed by atoms with Gasteiger partial charge in [-0.25, -0.2) is 4.79 Å². The van der Waals surface area contributed by atoms with Crippen molar-refractivity contribution in [2.45, 2.75) is 31.8 Å². The topological polar surface area (TPSA) is 55.8 Å². The van der Waals surface area contributed by atoms with Crippen LogP contribution in [0.1, 0.15) is 31.4 Å². The van der Waals surface area contributed by atoms with Gasteiger partial charge in [0.05, 0.1) is 20.3 Å². The maximum Gasteiger partial charge on any atom is 0.328 e. The summed E-state index contributed by atoms with van der Waals surface area (Å²) in [5.41, 5.74) is 0.888. The van der Waals surface area contributed by atoms with Gasteiger partial charge in [-0.2, -0.15) is 0 Å². The number of benzene rings is 1. The van der Waals surface area contributed by atoms with Crippen molar-refractivity contribution in [1.82, 2.24) is 4.90 Å². The minimum Gasteiger partial charge on any atom is -0.496 e. The van der Waals surface area contributed by atoms with Crippen LogP contribution in [0.15, 0.2) is 24.3 Å². The van der Waals surface area contributed by atoms with Crippen LogP contribution in [0, 0.1) is 0 Å². The molecule has 1 aliphatic heterocycles. The molecule has 5 heteroatoms. The van der Waals surface area contributed by atoms with E-state index in [1.54, 1.807) is 12.0 Å². The molecular formula is C15H19NO4. The van der Waals surface area contributed by atoms with Crippen LogP contribution in [-0.2, 0) is 14.3 Å². The number of carbonyl (C=O) groups excluding carboxylic acids is 2. The van der Waals surface area contributed by atoms with E-state index in [0.717, 1.165) is 5.56 Å². The fourth-order valence-electron chi connectivity index (χ4n) is 2.72. The van der Waals surface area contributed by atoms with Crippen molar-refractivity contribution >= 4 is 11.9 Å². The summed E-state index contributed by atoms with van der Waals surface area (Å²) in [5, 5.41) is 0. The summed E-state index contributed by atoms with van der Waals surface area (Å²) in [6.07, 6.45) is 0.879. The predicted molar refractivity (Wildman–Crippen MR) is 73.3 cm³/mol. The minimum atomic E-state index is -0.507. The average Bonchev–Trinajstić information content (AvgIpc) is 2.87. The lowest BCUT2D eigenvalue weighted by Gasteiger charge is -2.30. The molecule has 2 atom stereocenters. The molecule has 0 radical (unpaired) electrons. The first kappa shape index (κ1) is 14.4. The van der Waals surface area contributed by atoms with E-state index >= 15 is 0 Å². The van der Waals surface area contributed by atoms with E-state index in [-0.39, 0.29) is 17.9 Å². The standard InChI is InChI=1S/C15H19NO4/c1-10(11-6-4-5-7-13(11)19-2)16-12(15(18)20-3)8-9-14(16)17/h4-7,10,12H,8-9H2,1-3H3. The van der Waals surface area contributed by atoms with Gasteiger partial charge in [-0.15, -0.1) is 0 Å². The normalized spacial score (nSPS) is 19.9. The van der Waals surface area contributed by atoms with Crippen LogP contribution in [0.25, 0.3) is 0 Å². The maximum atomic E-state index is 12.1. The summed E-state index contributed by atoms with van der Waals surface area (Å²) in [5.74, 6) is 0.319. The average molecular weight is 277 g/mol. The third-order valence-electron chi connectivity index (χ3n) is 3.73. The van der Waals surface area contributed by atoms with Gasteiger partial charge in [-0.1, -0.05) is 18.2 Å². The number of ether oxygens (including phenoxy) is 2. The van der Waals surface area contributed by atoms with Crippen LogP contribution < -0.4 is 4.74 Å². The molecular weight excluding hydrogens is 258 g/mol. The highest BCUT2D eigenvalue weighted by molar-refractivity contribution is 5.88. The number of hydrogen-bond acceptors (Lipinski definition) is 4. The summed E-state index contributed by atoms with van der Waals surface area (Å²) in [6, 6.07) is 6.78. The maximum absolute atomic E-state index is 12.1. The first-order valence-corrected chi connectivity index (χ1v) is 6.62. The number of esters is 1.